The fraction of sp³-hybridized carbons (Fsp3) is 0.895. The van der Waals surface area contributed by atoms with Gasteiger partial charge in [-0.15, -0.1) is 11.8 Å². The average molecular weight is 351 g/mol. The zero-order valence-corrected chi connectivity index (χ0v) is 15.5. The van der Waals surface area contributed by atoms with Crippen molar-refractivity contribution in [3.63, 3.8) is 0 Å². The molecule has 2 saturated heterocycles. The number of amides is 2. The maximum absolute atomic E-state index is 12.8. The number of piperidine rings is 1. The van der Waals surface area contributed by atoms with Crippen molar-refractivity contribution in [2.24, 2.45) is 11.8 Å². The van der Waals surface area contributed by atoms with Gasteiger partial charge in [-0.1, -0.05) is 25.7 Å². The fourth-order valence-electron chi connectivity index (χ4n) is 4.80. The predicted molar refractivity (Wildman–Crippen MR) is 96.6 cm³/mol. The highest BCUT2D eigenvalue weighted by molar-refractivity contribution is 8.00. The minimum atomic E-state index is -0.00685. The third kappa shape index (κ3) is 3.33. The molecule has 2 heterocycles. The van der Waals surface area contributed by atoms with Crippen LogP contribution in [0.4, 0.5) is 0 Å². The van der Waals surface area contributed by atoms with Gasteiger partial charge in [-0.05, 0) is 38.0 Å². The second-order valence-corrected chi connectivity index (χ2v) is 9.59. The first kappa shape index (κ1) is 16.7. The van der Waals surface area contributed by atoms with Crippen molar-refractivity contribution in [2.45, 2.75) is 69.1 Å². The SMILES string of the molecule is O=C(C1CC1)N1CCC2(CC1)SCCN2C(=O)CCC1CCCC1. The van der Waals surface area contributed by atoms with E-state index in [1.54, 1.807) is 0 Å². The van der Waals surface area contributed by atoms with E-state index in [2.05, 4.69) is 9.80 Å². The lowest BCUT2D eigenvalue weighted by Crippen LogP contribution is -2.53. The Morgan fingerprint density at radius 1 is 1.00 bits per heavy atom. The first-order chi connectivity index (χ1) is 11.7. The molecule has 2 aliphatic heterocycles. The predicted octanol–water partition coefficient (Wildman–Crippen LogP) is 3.26. The van der Waals surface area contributed by atoms with Gasteiger partial charge in [-0.2, -0.15) is 0 Å². The van der Waals surface area contributed by atoms with E-state index in [0.29, 0.717) is 17.7 Å². The third-order valence-corrected chi connectivity index (χ3v) is 8.06. The zero-order chi connectivity index (χ0) is 16.6. The molecule has 0 aromatic heterocycles. The first-order valence-corrected chi connectivity index (χ1v) is 10.9. The summed E-state index contributed by atoms with van der Waals surface area (Å²) in [6, 6.07) is 0. The number of thioether (sulfide) groups is 1. The number of rotatable bonds is 4. The van der Waals surface area contributed by atoms with Gasteiger partial charge in [0.1, 0.15) is 0 Å². The van der Waals surface area contributed by atoms with Crippen LogP contribution in [0, 0.1) is 11.8 Å². The van der Waals surface area contributed by atoms with E-state index in [1.807, 2.05) is 11.8 Å². The Hall–Kier alpha value is -0.710. The van der Waals surface area contributed by atoms with Crippen LogP contribution in [0.5, 0.6) is 0 Å². The van der Waals surface area contributed by atoms with Gasteiger partial charge < -0.3 is 9.80 Å². The summed E-state index contributed by atoms with van der Waals surface area (Å²) in [7, 11) is 0. The zero-order valence-electron chi connectivity index (χ0n) is 14.7. The highest BCUT2D eigenvalue weighted by atomic mass is 32.2. The Kier molecular flexibility index (Phi) is 4.81. The van der Waals surface area contributed by atoms with E-state index in [4.69, 9.17) is 0 Å². The molecule has 5 heteroatoms. The van der Waals surface area contributed by atoms with Gasteiger partial charge in [0.2, 0.25) is 11.8 Å². The molecule has 0 aromatic rings. The lowest BCUT2D eigenvalue weighted by molar-refractivity contribution is -0.138. The second-order valence-electron chi connectivity index (χ2n) is 8.13. The first-order valence-electron chi connectivity index (χ1n) is 9.91. The lowest BCUT2D eigenvalue weighted by atomic mass is 9.98. The summed E-state index contributed by atoms with van der Waals surface area (Å²) < 4.78 is 0. The van der Waals surface area contributed by atoms with E-state index in [-0.39, 0.29) is 4.87 Å². The molecule has 2 saturated carbocycles. The molecule has 24 heavy (non-hydrogen) atoms. The summed E-state index contributed by atoms with van der Waals surface area (Å²) in [5, 5.41) is 0. The van der Waals surface area contributed by atoms with Crippen molar-refractivity contribution in [2.75, 3.05) is 25.4 Å². The standard InChI is InChI=1S/C19H30N2O2S/c22-17(8-5-15-3-1-2-4-15)21-13-14-24-19(21)9-11-20(12-10-19)18(23)16-6-7-16/h15-16H,1-14H2. The van der Waals surface area contributed by atoms with Crippen LogP contribution in [0.25, 0.3) is 0 Å². The van der Waals surface area contributed by atoms with E-state index in [9.17, 15) is 9.59 Å². The average Bonchev–Trinajstić information content (AvgIpc) is 3.17. The third-order valence-electron chi connectivity index (χ3n) is 6.50. The quantitative estimate of drug-likeness (QED) is 0.781. The molecule has 2 amide bonds. The molecular formula is C19H30N2O2S. The number of nitrogens with zero attached hydrogens (tertiary/aromatic N) is 2. The molecule has 0 radical (unpaired) electrons. The van der Waals surface area contributed by atoms with Crippen molar-refractivity contribution in [3.05, 3.63) is 0 Å². The van der Waals surface area contributed by atoms with Gasteiger partial charge in [0.25, 0.3) is 0 Å². The summed E-state index contributed by atoms with van der Waals surface area (Å²) in [5.74, 6) is 2.91. The minimum absolute atomic E-state index is 0.00685. The smallest absolute Gasteiger partial charge is 0.225 e. The van der Waals surface area contributed by atoms with Crippen molar-refractivity contribution < 1.29 is 9.59 Å². The van der Waals surface area contributed by atoms with Gasteiger partial charge in [0.05, 0.1) is 4.87 Å². The van der Waals surface area contributed by atoms with Gasteiger partial charge in [-0.25, -0.2) is 0 Å². The number of carbonyl (C=O) groups excluding carboxylic acids is 2. The topological polar surface area (TPSA) is 40.6 Å². The van der Waals surface area contributed by atoms with Crippen molar-refractivity contribution in [3.8, 4) is 0 Å². The normalized spacial score (nSPS) is 27.2. The molecule has 0 unspecified atom stereocenters. The molecule has 4 fully saturated rings. The van der Waals surface area contributed by atoms with Gasteiger partial charge in [-0.3, -0.25) is 9.59 Å². The fourth-order valence-corrected chi connectivity index (χ4v) is 6.28. The van der Waals surface area contributed by atoms with Crippen LogP contribution < -0.4 is 0 Å². The Balaban J connectivity index is 1.32. The van der Waals surface area contributed by atoms with Crippen LogP contribution in [0.15, 0.2) is 0 Å². The molecule has 2 aliphatic carbocycles. The second kappa shape index (κ2) is 6.89. The van der Waals surface area contributed by atoms with E-state index in [1.165, 1.54) is 25.7 Å². The van der Waals surface area contributed by atoms with E-state index < -0.39 is 0 Å². The molecule has 0 bridgehead atoms. The lowest BCUT2D eigenvalue weighted by Gasteiger charge is -2.44. The summed E-state index contributed by atoms with van der Waals surface area (Å²) in [6.45, 7) is 2.59. The maximum Gasteiger partial charge on any atom is 0.225 e. The van der Waals surface area contributed by atoms with Crippen LogP contribution in [-0.4, -0.2) is 51.9 Å². The number of hydrogen-bond acceptors (Lipinski definition) is 3. The number of likely N-dealkylation sites (tertiary alicyclic amines) is 1. The summed E-state index contributed by atoms with van der Waals surface area (Å²) in [6.07, 6.45) is 11.3. The molecule has 0 atom stereocenters. The highest BCUT2D eigenvalue weighted by Gasteiger charge is 2.47. The monoisotopic (exact) mass is 350 g/mol. The maximum atomic E-state index is 12.8. The van der Waals surface area contributed by atoms with Gasteiger partial charge >= 0.3 is 0 Å². The largest absolute Gasteiger partial charge is 0.342 e. The Labute approximate surface area is 149 Å². The molecule has 0 aromatic carbocycles. The summed E-state index contributed by atoms with van der Waals surface area (Å²) in [4.78, 5) is 29.3. The van der Waals surface area contributed by atoms with Gasteiger partial charge in [0.15, 0.2) is 0 Å². The van der Waals surface area contributed by atoms with Crippen molar-refractivity contribution in [1.29, 1.82) is 0 Å². The Morgan fingerprint density at radius 3 is 2.38 bits per heavy atom. The summed E-state index contributed by atoms with van der Waals surface area (Å²) in [5.41, 5.74) is 0. The highest BCUT2D eigenvalue weighted by Crippen LogP contribution is 2.45. The number of hydrogen-bond donors (Lipinski definition) is 0. The van der Waals surface area contributed by atoms with Crippen LogP contribution in [0.1, 0.15) is 64.2 Å². The van der Waals surface area contributed by atoms with Crippen molar-refractivity contribution >= 4 is 23.6 Å². The molecular weight excluding hydrogens is 320 g/mol. The van der Waals surface area contributed by atoms with E-state index in [0.717, 1.165) is 69.8 Å². The molecule has 4 aliphatic rings. The number of carbonyl (C=O) groups is 2. The molecule has 4 rings (SSSR count). The van der Waals surface area contributed by atoms with Crippen molar-refractivity contribution in [1.82, 2.24) is 9.80 Å². The molecule has 4 nitrogen and oxygen atoms in total. The molecule has 0 N–H and O–H groups in total. The Bertz CT molecular complexity index is 492. The Morgan fingerprint density at radius 2 is 1.71 bits per heavy atom. The van der Waals surface area contributed by atoms with Crippen LogP contribution in [0.2, 0.25) is 0 Å². The van der Waals surface area contributed by atoms with Gasteiger partial charge in [0, 0.05) is 37.7 Å². The van der Waals surface area contributed by atoms with Crippen LogP contribution in [0.3, 0.4) is 0 Å². The minimum Gasteiger partial charge on any atom is -0.342 e. The molecule has 1 spiro atoms. The summed E-state index contributed by atoms with van der Waals surface area (Å²) >= 11 is 1.97. The van der Waals surface area contributed by atoms with Crippen LogP contribution in [-0.2, 0) is 9.59 Å². The molecule has 134 valence electrons. The van der Waals surface area contributed by atoms with E-state index >= 15 is 0 Å². The van der Waals surface area contributed by atoms with Crippen LogP contribution >= 0.6 is 11.8 Å².